The van der Waals surface area contributed by atoms with Crippen LogP contribution in [0.4, 0.5) is 0 Å². The van der Waals surface area contributed by atoms with Gasteiger partial charge in [-0.05, 0) is 43.3 Å². The Morgan fingerprint density at radius 3 is 2.61 bits per heavy atom. The Morgan fingerprint density at radius 2 is 2.00 bits per heavy atom. The highest BCUT2D eigenvalue weighted by molar-refractivity contribution is 5.14. The van der Waals surface area contributed by atoms with E-state index in [-0.39, 0.29) is 0 Å². The first-order chi connectivity index (χ1) is 8.70. The lowest BCUT2D eigenvalue weighted by Crippen LogP contribution is -2.46. The molecular formula is C16H26N2. The Morgan fingerprint density at radius 1 is 1.28 bits per heavy atom. The lowest BCUT2D eigenvalue weighted by Gasteiger charge is -2.41. The predicted molar refractivity (Wildman–Crippen MR) is 77.3 cm³/mol. The van der Waals surface area contributed by atoms with Gasteiger partial charge in [0.25, 0.3) is 0 Å². The molecule has 1 fully saturated rings. The molecule has 0 radical (unpaired) electrons. The summed E-state index contributed by atoms with van der Waals surface area (Å²) in [6.45, 7) is 7.80. The highest BCUT2D eigenvalue weighted by Crippen LogP contribution is 2.28. The van der Waals surface area contributed by atoms with E-state index in [0.717, 1.165) is 19.0 Å². The summed E-state index contributed by atoms with van der Waals surface area (Å²) in [5.41, 5.74) is 7.27. The number of benzene rings is 1. The summed E-state index contributed by atoms with van der Waals surface area (Å²) in [5, 5.41) is 0. The Balaban J connectivity index is 2.02. The van der Waals surface area contributed by atoms with Crippen LogP contribution in [0.3, 0.4) is 0 Å². The predicted octanol–water partition coefficient (Wildman–Crippen LogP) is 2.88. The van der Waals surface area contributed by atoms with Gasteiger partial charge >= 0.3 is 0 Å². The molecule has 2 N–H and O–H groups in total. The molecule has 18 heavy (non-hydrogen) atoms. The maximum atomic E-state index is 5.85. The van der Waals surface area contributed by atoms with Crippen LogP contribution in [-0.2, 0) is 6.54 Å². The van der Waals surface area contributed by atoms with Crippen molar-refractivity contribution in [2.24, 2.45) is 17.6 Å². The zero-order chi connectivity index (χ0) is 13.0. The fourth-order valence-electron chi connectivity index (χ4n) is 3.04. The number of hydrogen-bond donors (Lipinski definition) is 1. The fourth-order valence-corrected chi connectivity index (χ4v) is 3.04. The van der Waals surface area contributed by atoms with Crippen molar-refractivity contribution in [3.05, 3.63) is 35.9 Å². The molecule has 0 bridgehead atoms. The standard InChI is InChI=1S/C16H26N2/c1-13(2)16-10-15(11-17)8-9-18(16)12-14-6-4-3-5-7-14/h3-7,13,15-16H,8-12,17H2,1-2H3. The van der Waals surface area contributed by atoms with Gasteiger partial charge in [0.2, 0.25) is 0 Å². The van der Waals surface area contributed by atoms with Crippen molar-refractivity contribution in [1.82, 2.24) is 4.90 Å². The largest absolute Gasteiger partial charge is 0.330 e. The molecule has 1 aliphatic rings. The smallest absolute Gasteiger partial charge is 0.0236 e. The van der Waals surface area contributed by atoms with Gasteiger partial charge < -0.3 is 5.73 Å². The van der Waals surface area contributed by atoms with Crippen LogP contribution in [-0.4, -0.2) is 24.0 Å². The minimum Gasteiger partial charge on any atom is -0.330 e. The van der Waals surface area contributed by atoms with Crippen LogP contribution < -0.4 is 5.73 Å². The highest BCUT2D eigenvalue weighted by Gasteiger charge is 2.29. The van der Waals surface area contributed by atoms with Crippen LogP contribution in [0.15, 0.2) is 30.3 Å². The molecular weight excluding hydrogens is 220 g/mol. The molecule has 2 unspecified atom stereocenters. The van der Waals surface area contributed by atoms with Crippen LogP contribution in [0.1, 0.15) is 32.3 Å². The van der Waals surface area contributed by atoms with Crippen molar-refractivity contribution < 1.29 is 0 Å². The zero-order valence-electron chi connectivity index (χ0n) is 11.7. The Bertz CT molecular complexity index is 347. The summed E-state index contributed by atoms with van der Waals surface area (Å²) in [5.74, 6) is 1.44. The molecule has 0 amide bonds. The topological polar surface area (TPSA) is 29.3 Å². The molecule has 0 aromatic heterocycles. The third kappa shape index (κ3) is 3.33. The molecule has 1 aromatic carbocycles. The molecule has 2 atom stereocenters. The third-order valence-corrected chi connectivity index (χ3v) is 4.20. The van der Waals surface area contributed by atoms with Crippen molar-refractivity contribution in [2.45, 2.75) is 39.3 Å². The first-order valence-corrected chi connectivity index (χ1v) is 7.18. The molecule has 2 heteroatoms. The number of likely N-dealkylation sites (tertiary alicyclic amines) is 1. The Kier molecular flexibility index (Phi) is 4.79. The van der Waals surface area contributed by atoms with Gasteiger partial charge in [-0.15, -0.1) is 0 Å². The maximum absolute atomic E-state index is 5.85. The lowest BCUT2D eigenvalue weighted by molar-refractivity contribution is 0.0759. The van der Waals surface area contributed by atoms with E-state index >= 15 is 0 Å². The molecule has 1 aromatic rings. The van der Waals surface area contributed by atoms with Gasteiger partial charge in [-0.3, -0.25) is 4.90 Å². The van der Waals surface area contributed by atoms with Crippen LogP contribution >= 0.6 is 0 Å². The molecule has 100 valence electrons. The number of nitrogens with two attached hydrogens (primary N) is 1. The summed E-state index contributed by atoms with van der Waals surface area (Å²) in [6.07, 6.45) is 2.52. The monoisotopic (exact) mass is 246 g/mol. The molecule has 1 heterocycles. The highest BCUT2D eigenvalue weighted by atomic mass is 15.2. The quantitative estimate of drug-likeness (QED) is 0.885. The Labute approximate surface area is 111 Å². The van der Waals surface area contributed by atoms with Gasteiger partial charge in [-0.25, -0.2) is 0 Å². The van der Waals surface area contributed by atoms with Gasteiger partial charge in [0.05, 0.1) is 0 Å². The first kappa shape index (κ1) is 13.6. The number of piperidine rings is 1. The minimum absolute atomic E-state index is 0.688. The normalized spacial score (nSPS) is 25.6. The van der Waals surface area contributed by atoms with E-state index < -0.39 is 0 Å². The second-order valence-electron chi connectivity index (χ2n) is 5.89. The number of rotatable bonds is 4. The lowest BCUT2D eigenvalue weighted by atomic mass is 9.85. The second-order valence-corrected chi connectivity index (χ2v) is 5.89. The average Bonchev–Trinajstić information content (AvgIpc) is 2.40. The SMILES string of the molecule is CC(C)C1CC(CN)CCN1Cc1ccccc1. The van der Waals surface area contributed by atoms with Crippen molar-refractivity contribution in [2.75, 3.05) is 13.1 Å². The van der Waals surface area contributed by atoms with Crippen molar-refractivity contribution >= 4 is 0 Å². The summed E-state index contributed by atoms with van der Waals surface area (Å²) in [7, 11) is 0. The van der Waals surface area contributed by atoms with Gasteiger partial charge in [-0.1, -0.05) is 44.2 Å². The van der Waals surface area contributed by atoms with E-state index in [1.54, 1.807) is 0 Å². The summed E-state index contributed by atoms with van der Waals surface area (Å²) in [4.78, 5) is 2.64. The minimum atomic E-state index is 0.688. The van der Waals surface area contributed by atoms with E-state index in [0.29, 0.717) is 12.0 Å². The summed E-state index contributed by atoms with van der Waals surface area (Å²) in [6, 6.07) is 11.5. The van der Waals surface area contributed by atoms with E-state index in [4.69, 9.17) is 5.73 Å². The van der Waals surface area contributed by atoms with Crippen LogP contribution in [0.2, 0.25) is 0 Å². The summed E-state index contributed by atoms with van der Waals surface area (Å²) >= 11 is 0. The van der Waals surface area contributed by atoms with Gasteiger partial charge in [0, 0.05) is 12.6 Å². The van der Waals surface area contributed by atoms with E-state index in [1.807, 2.05) is 0 Å². The van der Waals surface area contributed by atoms with Gasteiger partial charge in [0.1, 0.15) is 0 Å². The Hall–Kier alpha value is -0.860. The fraction of sp³-hybridized carbons (Fsp3) is 0.625. The number of nitrogens with zero attached hydrogens (tertiary/aromatic N) is 1. The molecule has 0 saturated carbocycles. The number of hydrogen-bond acceptors (Lipinski definition) is 2. The van der Waals surface area contributed by atoms with Gasteiger partial charge in [0.15, 0.2) is 0 Å². The second kappa shape index (κ2) is 6.35. The van der Waals surface area contributed by atoms with Crippen LogP contribution in [0, 0.1) is 11.8 Å². The van der Waals surface area contributed by atoms with Gasteiger partial charge in [-0.2, -0.15) is 0 Å². The van der Waals surface area contributed by atoms with Crippen molar-refractivity contribution in [3.8, 4) is 0 Å². The van der Waals surface area contributed by atoms with Crippen LogP contribution in [0.25, 0.3) is 0 Å². The average molecular weight is 246 g/mol. The molecule has 2 nitrogen and oxygen atoms in total. The zero-order valence-corrected chi connectivity index (χ0v) is 11.7. The first-order valence-electron chi connectivity index (χ1n) is 7.18. The van der Waals surface area contributed by atoms with E-state index in [2.05, 4.69) is 49.1 Å². The molecule has 2 rings (SSSR count). The van der Waals surface area contributed by atoms with Crippen LogP contribution in [0.5, 0.6) is 0 Å². The maximum Gasteiger partial charge on any atom is 0.0236 e. The molecule has 0 aliphatic carbocycles. The summed E-state index contributed by atoms with van der Waals surface area (Å²) < 4.78 is 0. The molecule has 1 saturated heterocycles. The van der Waals surface area contributed by atoms with E-state index in [1.165, 1.54) is 24.9 Å². The molecule has 0 spiro atoms. The van der Waals surface area contributed by atoms with Crippen molar-refractivity contribution in [1.29, 1.82) is 0 Å². The molecule has 1 aliphatic heterocycles. The third-order valence-electron chi connectivity index (χ3n) is 4.20. The van der Waals surface area contributed by atoms with Crippen molar-refractivity contribution in [3.63, 3.8) is 0 Å². The van der Waals surface area contributed by atoms with E-state index in [9.17, 15) is 0 Å².